The molecule has 0 aliphatic carbocycles. The normalized spacial score (nSPS) is 12.5. The third kappa shape index (κ3) is 6.78. The van der Waals surface area contributed by atoms with Crippen molar-refractivity contribution in [2.75, 3.05) is 19.5 Å². The Kier molecular flexibility index (Phi) is 9.10. The number of hydrogen-bond donors (Lipinski definition) is 1. The lowest BCUT2D eigenvalue weighted by atomic mass is 10.1. The number of ether oxygens (including phenoxy) is 2. The molecule has 0 radical (unpaired) electrons. The molecule has 0 aliphatic rings. The van der Waals surface area contributed by atoms with Crippen LogP contribution in [-0.2, 0) is 23.6 Å². The van der Waals surface area contributed by atoms with E-state index in [2.05, 4.69) is 5.32 Å². The molecule has 0 fully saturated rings. The van der Waals surface area contributed by atoms with Gasteiger partial charge in [-0.1, -0.05) is 48.0 Å². The van der Waals surface area contributed by atoms with E-state index >= 15 is 0 Å². The Morgan fingerprint density at radius 2 is 1.41 bits per heavy atom. The summed E-state index contributed by atoms with van der Waals surface area (Å²) in [6.07, 6.45) is 0. The first kappa shape index (κ1) is 27.5. The molecule has 0 bridgehead atoms. The van der Waals surface area contributed by atoms with Gasteiger partial charge >= 0.3 is 19.5 Å². The highest BCUT2D eigenvalue weighted by molar-refractivity contribution is 7.56. The van der Waals surface area contributed by atoms with E-state index in [-0.39, 0.29) is 22.2 Å². The Hall–Kier alpha value is -4.08. The number of halogens is 1. The van der Waals surface area contributed by atoms with Crippen LogP contribution in [0.4, 0.5) is 11.4 Å². The number of benzene rings is 3. The molecule has 194 valence electrons. The fourth-order valence-electron chi connectivity index (χ4n) is 3.27. The van der Waals surface area contributed by atoms with Crippen molar-refractivity contribution in [1.82, 2.24) is 0 Å². The first-order chi connectivity index (χ1) is 17.7. The van der Waals surface area contributed by atoms with E-state index in [0.29, 0.717) is 0 Å². The van der Waals surface area contributed by atoms with Gasteiger partial charge in [-0.15, -0.1) is 0 Å². The number of anilines is 1. The number of nitro benzene ring substituents is 1. The van der Waals surface area contributed by atoms with Crippen molar-refractivity contribution in [2.45, 2.75) is 11.7 Å². The van der Waals surface area contributed by atoms with Gasteiger partial charge in [-0.3, -0.25) is 14.9 Å². The van der Waals surface area contributed by atoms with Crippen LogP contribution in [0, 0.1) is 10.1 Å². The lowest BCUT2D eigenvalue weighted by molar-refractivity contribution is -0.384. The lowest BCUT2D eigenvalue weighted by Crippen LogP contribution is -2.47. The van der Waals surface area contributed by atoms with E-state index in [1.165, 1.54) is 36.4 Å². The van der Waals surface area contributed by atoms with Crippen LogP contribution in [0.15, 0.2) is 78.9 Å². The summed E-state index contributed by atoms with van der Waals surface area (Å²) >= 11 is 5.89. The van der Waals surface area contributed by atoms with Crippen LogP contribution in [0.25, 0.3) is 0 Å². The van der Waals surface area contributed by atoms with E-state index in [0.717, 1.165) is 20.3 Å². The van der Waals surface area contributed by atoms with E-state index < -0.39 is 41.8 Å². The maximum absolute atomic E-state index is 14.4. The smallest absolute Gasteiger partial charge is 0.447 e. The van der Waals surface area contributed by atoms with Crippen LogP contribution < -0.4 is 14.4 Å². The van der Waals surface area contributed by atoms with E-state index in [4.69, 9.17) is 30.1 Å². The average molecular weight is 549 g/mol. The van der Waals surface area contributed by atoms with Gasteiger partial charge in [-0.2, -0.15) is 0 Å². The fourth-order valence-corrected chi connectivity index (χ4v) is 5.48. The highest BCUT2D eigenvalue weighted by Crippen LogP contribution is 2.55. The minimum atomic E-state index is -4.64. The summed E-state index contributed by atoms with van der Waals surface area (Å²) in [4.78, 5) is 36.6. The third-order valence-corrected chi connectivity index (χ3v) is 7.41. The summed E-state index contributed by atoms with van der Waals surface area (Å²) in [5.74, 6) is -1.99. The zero-order valence-electron chi connectivity index (χ0n) is 19.6. The van der Waals surface area contributed by atoms with Crippen LogP contribution in [0.3, 0.4) is 0 Å². The Labute approximate surface area is 216 Å². The monoisotopic (exact) mass is 548 g/mol. The van der Waals surface area contributed by atoms with Gasteiger partial charge in [0.1, 0.15) is 16.5 Å². The second-order valence-corrected chi connectivity index (χ2v) is 9.79. The molecule has 13 heteroatoms. The summed E-state index contributed by atoms with van der Waals surface area (Å²) in [6, 6.07) is 17.6. The van der Waals surface area contributed by atoms with Crippen molar-refractivity contribution >= 4 is 42.5 Å². The van der Waals surface area contributed by atoms with E-state index in [1.807, 2.05) is 0 Å². The Balaban J connectivity index is 2.14. The SMILES string of the molecule is COC(=O)[C@@H](Nc1ccc(Cl)c([N+](=O)[O-])c1)[C@H](C(=O)OC)P(=O)(Oc1ccccc1)Oc1ccccc1. The summed E-state index contributed by atoms with van der Waals surface area (Å²) < 4.78 is 35.6. The number of esters is 2. The van der Waals surface area contributed by atoms with Crippen molar-refractivity contribution in [3.05, 3.63) is 94.0 Å². The molecule has 0 saturated heterocycles. The number of hydrogen-bond acceptors (Lipinski definition) is 10. The molecule has 0 spiro atoms. The molecule has 0 amide bonds. The Morgan fingerprint density at radius 1 is 0.892 bits per heavy atom. The number of methoxy groups -OCH3 is 2. The number of carbonyl (C=O) groups is 2. The first-order valence-electron chi connectivity index (χ1n) is 10.6. The van der Waals surface area contributed by atoms with Gasteiger partial charge in [0, 0.05) is 11.8 Å². The highest BCUT2D eigenvalue weighted by Gasteiger charge is 2.54. The highest BCUT2D eigenvalue weighted by atomic mass is 35.5. The number of nitro groups is 1. The minimum absolute atomic E-state index is 0.00590. The van der Waals surface area contributed by atoms with Crippen LogP contribution in [-0.4, -0.2) is 42.8 Å². The van der Waals surface area contributed by atoms with Crippen molar-refractivity contribution < 1.29 is 37.6 Å². The Bertz CT molecular complexity index is 1260. The zero-order valence-corrected chi connectivity index (χ0v) is 21.3. The molecule has 37 heavy (non-hydrogen) atoms. The number of nitrogens with zero attached hydrogens (tertiary/aromatic N) is 1. The molecule has 11 nitrogen and oxygen atoms in total. The van der Waals surface area contributed by atoms with Gasteiger partial charge in [0.25, 0.3) is 5.69 Å². The lowest BCUT2D eigenvalue weighted by Gasteiger charge is -2.30. The molecule has 3 rings (SSSR count). The molecule has 3 aromatic rings. The van der Waals surface area contributed by atoms with Crippen molar-refractivity contribution in [1.29, 1.82) is 0 Å². The molecule has 2 atom stereocenters. The molecule has 1 N–H and O–H groups in total. The summed E-state index contributed by atoms with van der Waals surface area (Å²) in [7, 11) is -2.56. The Morgan fingerprint density at radius 3 is 1.86 bits per heavy atom. The van der Waals surface area contributed by atoms with Crippen LogP contribution in [0.2, 0.25) is 5.02 Å². The number of para-hydroxylation sites is 2. The van der Waals surface area contributed by atoms with Crippen molar-refractivity contribution in [3.63, 3.8) is 0 Å². The van der Waals surface area contributed by atoms with E-state index in [1.54, 1.807) is 36.4 Å². The standard InChI is InChI=1S/C24H22ClN2O9P/c1-33-23(28)21(26-16-13-14-19(25)20(15-16)27(30)31)22(24(29)34-2)37(32,35-17-9-5-3-6-10-17)36-18-11-7-4-8-12-18/h3-15,21-22,26H,1-2H3/t21-,22+/m0/s1. The number of rotatable bonds is 11. The molecule has 0 aliphatic heterocycles. The summed E-state index contributed by atoms with van der Waals surface area (Å²) in [5, 5.41) is 13.9. The predicted molar refractivity (Wildman–Crippen MR) is 135 cm³/mol. The van der Waals surface area contributed by atoms with Gasteiger partial charge < -0.3 is 23.8 Å². The average Bonchev–Trinajstić information content (AvgIpc) is 2.89. The largest absolute Gasteiger partial charge is 0.468 e. The topological polar surface area (TPSA) is 143 Å². The van der Waals surface area contributed by atoms with Crippen LogP contribution in [0.5, 0.6) is 11.5 Å². The van der Waals surface area contributed by atoms with Gasteiger partial charge in [-0.25, -0.2) is 9.36 Å². The summed E-state index contributed by atoms with van der Waals surface area (Å²) in [6.45, 7) is 0. The number of carbonyl (C=O) groups excluding carboxylic acids is 2. The molecule has 3 aromatic carbocycles. The number of nitrogens with one attached hydrogen (secondary N) is 1. The first-order valence-corrected chi connectivity index (χ1v) is 12.6. The minimum Gasteiger partial charge on any atom is -0.468 e. The van der Waals surface area contributed by atoms with Crippen molar-refractivity contribution in [2.24, 2.45) is 0 Å². The molecule has 0 heterocycles. The molecule has 0 aromatic heterocycles. The van der Waals surface area contributed by atoms with Gasteiger partial charge in [0.05, 0.1) is 19.1 Å². The second-order valence-electron chi connectivity index (χ2n) is 7.38. The summed E-state index contributed by atoms with van der Waals surface area (Å²) in [5.41, 5.74) is -2.37. The predicted octanol–water partition coefficient (Wildman–Crippen LogP) is 5.09. The van der Waals surface area contributed by atoms with Crippen LogP contribution >= 0.6 is 19.2 Å². The zero-order chi connectivity index (χ0) is 27.0. The van der Waals surface area contributed by atoms with Gasteiger partial charge in [0.2, 0.25) is 5.66 Å². The van der Waals surface area contributed by atoms with Crippen LogP contribution in [0.1, 0.15) is 0 Å². The van der Waals surface area contributed by atoms with Gasteiger partial charge in [-0.05, 0) is 36.4 Å². The quantitative estimate of drug-likeness (QED) is 0.149. The fraction of sp³-hybridized carbons (Fsp3) is 0.167. The molecule has 0 saturated carbocycles. The maximum atomic E-state index is 14.4. The second kappa shape index (κ2) is 12.2. The molecular formula is C24H22ClN2O9P. The molecular weight excluding hydrogens is 527 g/mol. The maximum Gasteiger partial charge on any atom is 0.447 e. The van der Waals surface area contributed by atoms with Crippen molar-refractivity contribution in [3.8, 4) is 11.5 Å². The molecule has 0 unspecified atom stereocenters. The van der Waals surface area contributed by atoms with Gasteiger partial charge in [0.15, 0.2) is 6.04 Å². The third-order valence-electron chi connectivity index (χ3n) is 4.97. The van der Waals surface area contributed by atoms with E-state index in [9.17, 15) is 24.3 Å².